The van der Waals surface area contributed by atoms with E-state index in [2.05, 4.69) is 0 Å². The first-order valence-corrected chi connectivity index (χ1v) is 10.9. The van der Waals surface area contributed by atoms with Crippen molar-refractivity contribution in [3.05, 3.63) is 100 Å². The normalized spacial score (nSPS) is 15.3. The molecule has 3 aromatic rings. The Bertz CT molecular complexity index is 1260. The average Bonchev–Trinajstić information content (AvgIpc) is 3.24. The molecule has 0 saturated carbocycles. The molecule has 1 saturated heterocycles. The second-order valence-corrected chi connectivity index (χ2v) is 8.24. The lowest BCUT2D eigenvalue weighted by Crippen LogP contribution is -2.28. The van der Waals surface area contributed by atoms with Gasteiger partial charge in [0.2, 0.25) is 5.91 Å². The Morgan fingerprint density at radius 2 is 1.68 bits per heavy atom. The van der Waals surface area contributed by atoms with Gasteiger partial charge in [0.1, 0.15) is 5.82 Å². The molecule has 0 aliphatic carbocycles. The SMILES string of the molecule is O=C(COC(=O)[C@H]1CC(=O)N(c2ccc(Cl)cc2C(=O)c2ccccc2)C1)c1ccc(F)cc1. The van der Waals surface area contributed by atoms with Gasteiger partial charge in [-0.3, -0.25) is 19.2 Å². The standard InChI is InChI=1S/C26H19ClFNO5/c27-19-8-11-22(21(13-19)25(32)17-4-2-1-3-5-17)29-14-18(12-24(29)31)26(33)34-15-23(30)16-6-9-20(28)10-7-16/h1-11,13,18H,12,14-15H2/t18-/m0/s1. The van der Waals surface area contributed by atoms with Crippen LogP contribution in [0.1, 0.15) is 32.7 Å². The van der Waals surface area contributed by atoms with Crippen LogP contribution in [-0.2, 0) is 14.3 Å². The zero-order valence-corrected chi connectivity index (χ0v) is 18.6. The van der Waals surface area contributed by atoms with Crippen molar-refractivity contribution >= 4 is 40.7 Å². The number of nitrogens with zero attached hydrogens (tertiary/aromatic N) is 1. The average molecular weight is 480 g/mol. The quantitative estimate of drug-likeness (QED) is 0.368. The van der Waals surface area contributed by atoms with E-state index in [1.165, 1.54) is 23.1 Å². The summed E-state index contributed by atoms with van der Waals surface area (Å²) in [5.41, 5.74) is 1.24. The van der Waals surface area contributed by atoms with Crippen molar-refractivity contribution in [3.8, 4) is 0 Å². The van der Waals surface area contributed by atoms with E-state index in [4.69, 9.17) is 16.3 Å². The fraction of sp³-hybridized carbons (Fsp3) is 0.154. The fourth-order valence-electron chi connectivity index (χ4n) is 3.74. The molecular weight excluding hydrogens is 461 g/mol. The molecule has 1 amide bonds. The number of carbonyl (C=O) groups is 4. The van der Waals surface area contributed by atoms with Crippen LogP contribution in [0, 0.1) is 11.7 Å². The lowest BCUT2D eigenvalue weighted by molar-refractivity contribution is -0.147. The van der Waals surface area contributed by atoms with Crippen LogP contribution in [0.5, 0.6) is 0 Å². The molecule has 0 aromatic heterocycles. The molecule has 34 heavy (non-hydrogen) atoms. The molecule has 6 nitrogen and oxygen atoms in total. The number of carbonyl (C=O) groups excluding carboxylic acids is 4. The van der Waals surface area contributed by atoms with E-state index in [1.54, 1.807) is 42.5 Å². The maximum absolute atomic E-state index is 13.1. The Balaban J connectivity index is 1.47. The molecule has 0 unspecified atom stereocenters. The van der Waals surface area contributed by atoms with Crippen molar-refractivity contribution in [3.63, 3.8) is 0 Å². The summed E-state index contributed by atoms with van der Waals surface area (Å²) in [5.74, 6) is -3.12. The van der Waals surface area contributed by atoms with Crippen LogP contribution in [-0.4, -0.2) is 36.6 Å². The molecule has 0 N–H and O–H groups in total. The number of benzene rings is 3. The van der Waals surface area contributed by atoms with E-state index in [0.717, 1.165) is 12.1 Å². The maximum Gasteiger partial charge on any atom is 0.311 e. The molecule has 0 spiro atoms. The van der Waals surface area contributed by atoms with E-state index in [1.807, 2.05) is 0 Å². The van der Waals surface area contributed by atoms with Gasteiger partial charge in [0.15, 0.2) is 18.2 Å². The van der Waals surface area contributed by atoms with Gasteiger partial charge >= 0.3 is 5.97 Å². The Morgan fingerprint density at radius 1 is 0.971 bits per heavy atom. The number of ketones is 2. The topological polar surface area (TPSA) is 80.8 Å². The summed E-state index contributed by atoms with van der Waals surface area (Å²) in [6.45, 7) is -0.521. The minimum absolute atomic E-state index is 0.000885. The smallest absolute Gasteiger partial charge is 0.311 e. The third-order valence-corrected chi connectivity index (χ3v) is 5.74. The summed E-state index contributed by atoms with van der Waals surface area (Å²) in [5, 5.41) is 0.338. The number of esters is 1. The Hall–Kier alpha value is -3.84. The number of Topliss-reactive ketones (excluding diaryl/α,β-unsaturated/α-hetero) is 1. The number of amides is 1. The van der Waals surface area contributed by atoms with Crippen LogP contribution >= 0.6 is 11.6 Å². The minimum atomic E-state index is -0.802. The van der Waals surface area contributed by atoms with E-state index in [0.29, 0.717) is 16.3 Å². The van der Waals surface area contributed by atoms with Crippen LogP contribution in [0.15, 0.2) is 72.8 Å². The largest absolute Gasteiger partial charge is 0.457 e. The molecule has 1 aliphatic rings. The highest BCUT2D eigenvalue weighted by molar-refractivity contribution is 6.31. The molecule has 1 aliphatic heterocycles. The highest BCUT2D eigenvalue weighted by atomic mass is 35.5. The fourth-order valence-corrected chi connectivity index (χ4v) is 3.91. The first kappa shape index (κ1) is 23.3. The zero-order valence-electron chi connectivity index (χ0n) is 17.9. The summed E-state index contributed by atoms with van der Waals surface area (Å²) < 4.78 is 18.1. The molecule has 1 fully saturated rings. The van der Waals surface area contributed by atoms with Gasteiger partial charge < -0.3 is 9.64 Å². The first-order chi connectivity index (χ1) is 16.3. The number of hydrogen-bond acceptors (Lipinski definition) is 5. The molecule has 8 heteroatoms. The first-order valence-electron chi connectivity index (χ1n) is 10.5. The van der Waals surface area contributed by atoms with Crippen molar-refractivity contribution in [2.45, 2.75) is 6.42 Å². The summed E-state index contributed by atoms with van der Waals surface area (Å²) in [6.07, 6.45) is -0.120. The van der Waals surface area contributed by atoms with Crippen LogP contribution in [0.25, 0.3) is 0 Å². The number of anilines is 1. The number of hydrogen-bond donors (Lipinski definition) is 0. The van der Waals surface area contributed by atoms with Crippen molar-refractivity contribution in [1.29, 1.82) is 0 Å². The zero-order chi connectivity index (χ0) is 24.2. The third-order valence-electron chi connectivity index (χ3n) is 5.50. The summed E-state index contributed by atoms with van der Waals surface area (Å²) in [4.78, 5) is 51.9. The minimum Gasteiger partial charge on any atom is -0.457 e. The van der Waals surface area contributed by atoms with Gasteiger partial charge in [-0.25, -0.2) is 4.39 Å². The number of ether oxygens (including phenoxy) is 1. The van der Waals surface area contributed by atoms with Gasteiger partial charge in [0, 0.05) is 34.7 Å². The Labute approximate surface area is 199 Å². The lowest BCUT2D eigenvalue weighted by Gasteiger charge is -2.20. The molecule has 4 rings (SSSR count). The lowest BCUT2D eigenvalue weighted by atomic mass is 10.0. The third kappa shape index (κ3) is 5.05. The summed E-state index contributed by atoms with van der Waals surface area (Å²) in [6, 6.07) is 18.1. The van der Waals surface area contributed by atoms with E-state index < -0.39 is 30.1 Å². The maximum atomic E-state index is 13.1. The highest BCUT2D eigenvalue weighted by Crippen LogP contribution is 2.32. The molecule has 1 atom stereocenters. The second kappa shape index (κ2) is 9.97. The van der Waals surface area contributed by atoms with Gasteiger partial charge in [0.25, 0.3) is 0 Å². The predicted molar refractivity (Wildman–Crippen MR) is 123 cm³/mol. The summed E-state index contributed by atoms with van der Waals surface area (Å²) in [7, 11) is 0. The van der Waals surface area contributed by atoms with Crippen molar-refractivity contribution in [1.82, 2.24) is 0 Å². The molecular formula is C26H19ClFNO5. The monoisotopic (exact) mass is 479 g/mol. The van der Waals surface area contributed by atoms with E-state index >= 15 is 0 Å². The van der Waals surface area contributed by atoms with Gasteiger partial charge in [0.05, 0.1) is 11.6 Å². The molecule has 172 valence electrons. The second-order valence-electron chi connectivity index (χ2n) is 7.80. The van der Waals surface area contributed by atoms with Gasteiger partial charge in [-0.1, -0.05) is 41.9 Å². The van der Waals surface area contributed by atoms with Crippen LogP contribution in [0.4, 0.5) is 10.1 Å². The molecule has 1 heterocycles. The van der Waals surface area contributed by atoms with Crippen molar-refractivity contribution in [2.24, 2.45) is 5.92 Å². The Morgan fingerprint density at radius 3 is 2.38 bits per heavy atom. The van der Waals surface area contributed by atoms with Crippen LogP contribution in [0.2, 0.25) is 5.02 Å². The van der Waals surface area contributed by atoms with E-state index in [9.17, 15) is 23.6 Å². The number of rotatable bonds is 7. The predicted octanol–water partition coefficient (Wildman–Crippen LogP) is 4.49. The van der Waals surface area contributed by atoms with Gasteiger partial charge in [-0.2, -0.15) is 0 Å². The van der Waals surface area contributed by atoms with Crippen LogP contribution < -0.4 is 4.90 Å². The molecule has 0 radical (unpaired) electrons. The van der Waals surface area contributed by atoms with Crippen molar-refractivity contribution < 1.29 is 28.3 Å². The van der Waals surface area contributed by atoms with E-state index in [-0.39, 0.29) is 35.8 Å². The van der Waals surface area contributed by atoms with Crippen LogP contribution in [0.3, 0.4) is 0 Å². The van der Waals surface area contributed by atoms with Gasteiger partial charge in [-0.05, 0) is 42.5 Å². The Kier molecular flexibility index (Phi) is 6.84. The molecule has 0 bridgehead atoms. The van der Waals surface area contributed by atoms with Crippen molar-refractivity contribution in [2.75, 3.05) is 18.1 Å². The highest BCUT2D eigenvalue weighted by Gasteiger charge is 2.38. The van der Waals surface area contributed by atoms with Gasteiger partial charge in [-0.15, -0.1) is 0 Å². The number of halogens is 2. The summed E-state index contributed by atoms with van der Waals surface area (Å²) >= 11 is 6.12. The molecule has 3 aromatic carbocycles.